The number of allylic oxidation sites excluding steroid dienone is 2. The lowest BCUT2D eigenvalue weighted by atomic mass is 9.97. The molecule has 0 spiro atoms. The topological polar surface area (TPSA) is 66.4 Å². The lowest BCUT2D eigenvalue weighted by molar-refractivity contribution is -0.146. The summed E-state index contributed by atoms with van der Waals surface area (Å²) >= 11 is 1.58. The van der Waals surface area contributed by atoms with Gasteiger partial charge in [0.05, 0.1) is 0 Å². The van der Waals surface area contributed by atoms with Gasteiger partial charge < -0.3 is 10.4 Å². The molecule has 1 heterocycles. The number of hydrogen-bond donors (Lipinski definition) is 2. The Kier molecular flexibility index (Phi) is 3.76. The van der Waals surface area contributed by atoms with Crippen LogP contribution in [0.5, 0.6) is 0 Å². The average molecular weight is 255 g/mol. The number of thioether (sulfide) groups is 1. The summed E-state index contributed by atoms with van der Waals surface area (Å²) in [6.07, 6.45) is 7.10. The largest absolute Gasteiger partial charge is 0.479 e. The van der Waals surface area contributed by atoms with E-state index in [2.05, 4.69) is 17.5 Å². The van der Waals surface area contributed by atoms with Crippen LogP contribution >= 0.6 is 11.8 Å². The quantitative estimate of drug-likeness (QED) is 0.746. The van der Waals surface area contributed by atoms with Gasteiger partial charge in [-0.15, -0.1) is 0 Å². The summed E-state index contributed by atoms with van der Waals surface area (Å²) in [6.45, 7) is 0. The Hall–Kier alpha value is -0.970. The number of rotatable bonds is 4. The van der Waals surface area contributed by atoms with E-state index < -0.39 is 11.5 Å². The Balaban J connectivity index is 1.91. The van der Waals surface area contributed by atoms with Gasteiger partial charge in [0.15, 0.2) is 0 Å². The number of carboxylic acid groups (broad SMARTS) is 1. The van der Waals surface area contributed by atoms with Crippen LogP contribution in [0.15, 0.2) is 12.2 Å². The minimum Gasteiger partial charge on any atom is -0.479 e. The standard InChI is InChI=1S/C12H17NO3S/c14-10(7-9-3-1-2-4-9)13-12(11(15)16)5-6-17-8-12/h1,3,9H,2,4-8H2,(H,13,14)(H,15,16). The van der Waals surface area contributed by atoms with Crippen molar-refractivity contribution in [3.05, 3.63) is 12.2 Å². The molecule has 0 radical (unpaired) electrons. The number of amides is 1. The fourth-order valence-electron chi connectivity index (χ4n) is 2.31. The summed E-state index contributed by atoms with van der Waals surface area (Å²) in [6, 6.07) is 0. The second-order valence-electron chi connectivity index (χ2n) is 4.71. The first-order valence-corrected chi connectivity index (χ1v) is 7.07. The van der Waals surface area contributed by atoms with Crippen molar-refractivity contribution in [1.82, 2.24) is 5.32 Å². The van der Waals surface area contributed by atoms with E-state index in [1.165, 1.54) is 0 Å². The lowest BCUT2D eigenvalue weighted by Gasteiger charge is -2.25. The molecule has 2 rings (SSSR count). The van der Waals surface area contributed by atoms with Crippen molar-refractivity contribution >= 4 is 23.6 Å². The Morgan fingerprint density at radius 2 is 2.35 bits per heavy atom. The molecule has 1 fully saturated rings. The summed E-state index contributed by atoms with van der Waals surface area (Å²) in [4.78, 5) is 23.1. The molecule has 0 aromatic carbocycles. The Morgan fingerprint density at radius 1 is 1.53 bits per heavy atom. The molecule has 2 atom stereocenters. The van der Waals surface area contributed by atoms with Gasteiger partial charge in [-0.3, -0.25) is 4.79 Å². The van der Waals surface area contributed by atoms with Crippen molar-refractivity contribution in [2.24, 2.45) is 5.92 Å². The predicted octanol–water partition coefficient (Wildman–Crippen LogP) is 1.42. The predicted molar refractivity (Wildman–Crippen MR) is 66.9 cm³/mol. The van der Waals surface area contributed by atoms with Crippen LogP contribution in [-0.4, -0.2) is 34.0 Å². The summed E-state index contributed by atoms with van der Waals surface area (Å²) in [5.74, 6) is 0.531. The van der Waals surface area contributed by atoms with E-state index in [1.807, 2.05) is 0 Å². The van der Waals surface area contributed by atoms with E-state index in [1.54, 1.807) is 11.8 Å². The summed E-state index contributed by atoms with van der Waals surface area (Å²) < 4.78 is 0. The average Bonchev–Trinajstić information content (AvgIpc) is 2.89. The highest BCUT2D eigenvalue weighted by molar-refractivity contribution is 7.99. The summed E-state index contributed by atoms with van der Waals surface area (Å²) in [5.41, 5.74) is -1.02. The molecule has 1 saturated heterocycles. The van der Waals surface area contributed by atoms with Crippen molar-refractivity contribution < 1.29 is 14.7 Å². The molecule has 2 unspecified atom stereocenters. The van der Waals surface area contributed by atoms with Gasteiger partial charge in [0.2, 0.25) is 5.91 Å². The van der Waals surface area contributed by atoms with Crippen LogP contribution in [-0.2, 0) is 9.59 Å². The first-order chi connectivity index (χ1) is 8.12. The minimum absolute atomic E-state index is 0.133. The van der Waals surface area contributed by atoms with E-state index in [9.17, 15) is 14.7 Å². The third kappa shape index (κ3) is 2.83. The zero-order valence-corrected chi connectivity index (χ0v) is 10.5. The van der Waals surface area contributed by atoms with Gasteiger partial charge in [-0.2, -0.15) is 11.8 Å². The molecule has 0 aromatic heterocycles. The highest BCUT2D eigenvalue weighted by Gasteiger charge is 2.43. The zero-order chi connectivity index (χ0) is 12.3. The maximum atomic E-state index is 11.8. The Morgan fingerprint density at radius 3 is 2.88 bits per heavy atom. The Labute approximate surface area is 105 Å². The first kappa shape index (κ1) is 12.5. The number of carboxylic acids is 1. The molecule has 94 valence electrons. The molecule has 5 heteroatoms. The zero-order valence-electron chi connectivity index (χ0n) is 9.65. The third-order valence-corrected chi connectivity index (χ3v) is 4.56. The van der Waals surface area contributed by atoms with Crippen molar-refractivity contribution in [3.8, 4) is 0 Å². The maximum absolute atomic E-state index is 11.8. The van der Waals surface area contributed by atoms with E-state index in [4.69, 9.17) is 0 Å². The minimum atomic E-state index is -1.02. The molecule has 0 bridgehead atoms. The first-order valence-electron chi connectivity index (χ1n) is 5.91. The van der Waals surface area contributed by atoms with Crippen molar-refractivity contribution in [2.45, 2.75) is 31.2 Å². The molecule has 4 nitrogen and oxygen atoms in total. The number of carbonyl (C=O) groups excluding carboxylic acids is 1. The van der Waals surface area contributed by atoms with Crippen LogP contribution in [0, 0.1) is 5.92 Å². The Bertz CT molecular complexity index is 348. The van der Waals surface area contributed by atoms with E-state index in [0.717, 1.165) is 18.6 Å². The van der Waals surface area contributed by atoms with Crippen LogP contribution in [0.25, 0.3) is 0 Å². The van der Waals surface area contributed by atoms with Crippen LogP contribution in [0.2, 0.25) is 0 Å². The van der Waals surface area contributed by atoms with Crippen LogP contribution in [0.4, 0.5) is 0 Å². The number of aliphatic carboxylic acids is 1. The third-order valence-electron chi connectivity index (χ3n) is 3.37. The van der Waals surface area contributed by atoms with Gasteiger partial charge in [-0.25, -0.2) is 4.79 Å². The van der Waals surface area contributed by atoms with E-state index in [0.29, 0.717) is 18.6 Å². The fourth-order valence-corrected chi connectivity index (χ4v) is 3.63. The van der Waals surface area contributed by atoms with Crippen LogP contribution < -0.4 is 5.32 Å². The fraction of sp³-hybridized carbons (Fsp3) is 0.667. The molecule has 1 amide bonds. The molecule has 1 aliphatic heterocycles. The SMILES string of the molecule is O=C(CC1C=CCC1)NC1(C(=O)O)CCSC1. The van der Waals surface area contributed by atoms with Gasteiger partial charge in [0.1, 0.15) is 5.54 Å². The summed E-state index contributed by atoms with van der Waals surface area (Å²) in [5, 5.41) is 12.0. The molecular formula is C12H17NO3S. The summed E-state index contributed by atoms with van der Waals surface area (Å²) in [7, 11) is 0. The van der Waals surface area contributed by atoms with E-state index in [-0.39, 0.29) is 11.8 Å². The molecule has 2 aliphatic rings. The molecule has 0 aromatic rings. The number of hydrogen-bond acceptors (Lipinski definition) is 3. The van der Waals surface area contributed by atoms with Crippen molar-refractivity contribution in [3.63, 3.8) is 0 Å². The van der Waals surface area contributed by atoms with Gasteiger partial charge in [-0.05, 0) is 30.9 Å². The van der Waals surface area contributed by atoms with E-state index >= 15 is 0 Å². The molecular weight excluding hydrogens is 238 g/mol. The molecule has 2 N–H and O–H groups in total. The van der Waals surface area contributed by atoms with Crippen molar-refractivity contribution in [2.75, 3.05) is 11.5 Å². The second kappa shape index (κ2) is 5.12. The molecule has 0 saturated carbocycles. The number of nitrogens with one attached hydrogen (secondary N) is 1. The van der Waals surface area contributed by atoms with Crippen molar-refractivity contribution in [1.29, 1.82) is 0 Å². The maximum Gasteiger partial charge on any atom is 0.330 e. The van der Waals surface area contributed by atoms with Gasteiger partial charge in [-0.1, -0.05) is 12.2 Å². The number of carbonyl (C=O) groups is 2. The molecule has 17 heavy (non-hydrogen) atoms. The van der Waals surface area contributed by atoms with Crippen LogP contribution in [0.1, 0.15) is 25.7 Å². The second-order valence-corrected chi connectivity index (χ2v) is 5.81. The highest BCUT2D eigenvalue weighted by atomic mass is 32.2. The monoisotopic (exact) mass is 255 g/mol. The highest BCUT2D eigenvalue weighted by Crippen LogP contribution is 2.29. The van der Waals surface area contributed by atoms with Gasteiger partial charge in [0.25, 0.3) is 0 Å². The molecule has 1 aliphatic carbocycles. The van der Waals surface area contributed by atoms with Gasteiger partial charge >= 0.3 is 5.97 Å². The lowest BCUT2D eigenvalue weighted by Crippen LogP contribution is -2.55. The van der Waals surface area contributed by atoms with Crippen LogP contribution in [0.3, 0.4) is 0 Å². The normalized spacial score (nSPS) is 31.6. The smallest absolute Gasteiger partial charge is 0.330 e. The van der Waals surface area contributed by atoms with Gasteiger partial charge in [0, 0.05) is 12.2 Å².